The van der Waals surface area contributed by atoms with Crippen LogP contribution in [-0.2, 0) is 4.79 Å². The van der Waals surface area contributed by atoms with Crippen molar-refractivity contribution in [1.29, 1.82) is 0 Å². The van der Waals surface area contributed by atoms with E-state index >= 15 is 0 Å². The number of aryl methyl sites for hydroxylation is 2. The van der Waals surface area contributed by atoms with Gasteiger partial charge in [-0.3, -0.25) is 4.79 Å². The van der Waals surface area contributed by atoms with Crippen LogP contribution in [-0.4, -0.2) is 5.97 Å². The predicted octanol–water partition coefficient (Wildman–Crippen LogP) is 5.46. The molecule has 2 heteroatoms. The van der Waals surface area contributed by atoms with Crippen LogP contribution in [0.25, 0.3) is 11.1 Å². The largest absolute Gasteiger partial charge is 0.426 e. The van der Waals surface area contributed by atoms with Crippen molar-refractivity contribution in [2.45, 2.75) is 46.0 Å². The van der Waals surface area contributed by atoms with E-state index in [1.165, 1.54) is 17.5 Å². The maximum Gasteiger partial charge on any atom is 0.314 e. The lowest BCUT2D eigenvalue weighted by Gasteiger charge is -2.20. The summed E-state index contributed by atoms with van der Waals surface area (Å²) in [5.74, 6) is 0.715. The molecule has 2 aromatic rings. The Balaban J connectivity index is 1.75. The highest BCUT2D eigenvalue weighted by Gasteiger charge is 2.23. The fourth-order valence-corrected chi connectivity index (χ4v) is 3.30. The smallest absolute Gasteiger partial charge is 0.314 e. The van der Waals surface area contributed by atoms with Crippen LogP contribution in [0.1, 0.15) is 43.2 Å². The van der Waals surface area contributed by atoms with Crippen molar-refractivity contribution in [1.82, 2.24) is 0 Å². The van der Waals surface area contributed by atoms with E-state index in [0.29, 0.717) is 5.75 Å². The SMILES string of the molecule is Cc1cccc(-c2ccc(OC(=O)C3CCCCC3)c(C)c2)c1. The van der Waals surface area contributed by atoms with E-state index in [9.17, 15) is 4.79 Å². The number of benzene rings is 2. The van der Waals surface area contributed by atoms with Gasteiger partial charge in [-0.2, -0.15) is 0 Å². The Bertz CT molecular complexity index is 697. The molecule has 0 bridgehead atoms. The number of hydrogen-bond donors (Lipinski definition) is 0. The third-order valence-corrected chi connectivity index (χ3v) is 4.68. The van der Waals surface area contributed by atoms with Crippen LogP contribution in [0.2, 0.25) is 0 Å². The Labute approximate surface area is 138 Å². The van der Waals surface area contributed by atoms with Gasteiger partial charge in [-0.25, -0.2) is 0 Å². The first-order valence-electron chi connectivity index (χ1n) is 8.53. The number of hydrogen-bond acceptors (Lipinski definition) is 2. The van der Waals surface area contributed by atoms with E-state index in [1.807, 2.05) is 19.1 Å². The van der Waals surface area contributed by atoms with Crippen LogP contribution >= 0.6 is 0 Å². The number of carbonyl (C=O) groups excluding carboxylic acids is 1. The Hall–Kier alpha value is -2.09. The van der Waals surface area contributed by atoms with Crippen molar-refractivity contribution in [3.05, 3.63) is 53.6 Å². The molecule has 2 aromatic carbocycles. The number of rotatable bonds is 3. The van der Waals surface area contributed by atoms with E-state index < -0.39 is 0 Å². The van der Waals surface area contributed by atoms with Crippen LogP contribution in [0.5, 0.6) is 5.75 Å². The second kappa shape index (κ2) is 6.99. The summed E-state index contributed by atoms with van der Waals surface area (Å²) in [6.45, 7) is 4.10. The molecule has 1 fully saturated rings. The summed E-state index contributed by atoms with van der Waals surface area (Å²) in [6.07, 6.45) is 5.47. The van der Waals surface area contributed by atoms with Crippen molar-refractivity contribution in [2.75, 3.05) is 0 Å². The molecule has 0 radical (unpaired) electrons. The lowest BCUT2D eigenvalue weighted by Crippen LogP contribution is -2.23. The van der Waals surface area contributed by atoms with E-state index in [1.54, 1.807) is 0 Å². The first-order valence-corrected chi connectivity index (χ1v) is 8.53. The van der Waals surface area contributed by atoms with Crippen molar-refractivity contribution in [3.63, 3.8) is 0 Å². The van der Waals surface area contributed by atoms with E-state index in [2.05, 4.69) is 37.3 Å². The predicted molar refractivity (Wildman–Crippen MR) is 93.6 cm³/mol. The molecule has 120 valence electrons. The topological polar surface area (TPSA) is 26.3 Å². The van der Waals surface area contributed by atoms with Crippen molar-refractivity contribution >= 4 is 5.97 Å². The molecule has 0 aromatic heterocycles. The van der Waals surface area contributed by atoms with E-state index in [0.717, 1.165) is 36.8 Å². The van der Waals surface area contributed by atoms with Gasteiger partial charge in [-0.1, -0.05) is 55.2 Å². The Morgan fingerprint density at radius 1 is 0.957 bits per heavy atom. The summed E-state index contributed by atoms with van der Waals surface area (Å²) in [6, 6.07) is 14.5. The quantitative estimate of drug-likeness (QED) is 0.556. The summed E-state index contributed by atoms with van der Waals surface area (Å²) in [4.78, 5) is 12.3. The molecular weight excluding hydrogens is 284 g/mol. The van der Waals surface area contributed by atoms with Crippen LogP contribution in [0.15, 0.2) is 42.5 Å². The number of esters is 1. The van der Waals surface area contributed by atoms with Crippen LogP contribution in [0, 0.1) is 19.8 Å². The first-order chi connectivity index (χ1) is 11.1. The highest BCUT2D eigenvalue weighted by molar-refractivity contribution is 5.76. The van der Waals surface area contributed by atoms with Gasteiger partial charge < -0.3 is 4.74 Å². The molecule has 0 atom stereocenters. The lowest BCUT2D eigenvalue weighted by molar-refractivity contribution is -0.140. The molecule has 2 nitrogen and oxygen atoms in total. The van der Waals surface area contributed by atoms with Gasteiger partial charge in [-0.05, 0) is 55.5 Å². The van der Waals surface area contributed by atoms with Gasteiger partial charge >= 0.3 is 5.97 Å². The van der Waals surface area contributed by atoms with Crippen molar-refractivity contribution in [3.8, 4) is 16.9 Å². The molecule has 0 heterocycles. The Morgan fingerprint density at radius 2 is 1.70 bits per heavy atom. The standard InChI is InChI=1S/C21H24O2/c1-15-7-6-10-18(13-15)19-11-12-20(16(2)14-19)23-21(22)17-8-4-3-5-9-17/h6-7,10-14,17H,3-5,8-9H2,1-2H3. The van der Waals surface area contributed by atoms with Crippen LogP contribution in [0.3, 0.4) is 0 Å². The fourth-order valence-electron chi connectivity index (χ4n) is 3.30. The molecule has 23 heavy (non-hydrogen) atoms. The minimum absolute atomic E-state index is 0.0592. The molecule has 0 N–H and O–H groups in total. The van der Waals surface area contributed by atoms with Gasteiger partial charge in [0.1, 0.15) is 5.75 Å². The molecule has 3 rings (SSSR count). The Morgan fingerprint density at radius 3 is 2.39 bits per heavy atom. The average Bonchev–Trinajstić information content (AvgIpc) is 2.57. The normalized spacial score (nSPS) is 15.4. The second-order valence-corrected chi connectivity index (χ2v) is 6.61. The first kappa shape index (κ1) is 15.8. The molecular formula is C21H24O2. The highest BCUT2D eigenvalue weighted by Crippen LogP contribution is 2.29. The van der Waals surface area contributed by atoms with Gasteiger partial charge in [0, 0.05) is 0 Å². The third kappa shape index (κ3) is 3.82. The second-order valence-electron chi connectivity index (χ2n) is 6.61. The van der Waals surface area contributed by atoms with Crippen LogP contribution in [0.4, 0.5) is 0 Å². The number of carbonyl (C=O) groups is 1. The van der Waals surface area contributed by atoms with Crippen LogP contribution < -0.4 is 4.74 Å². The molecule has 1 aliphatic carbocycles. The Kier molecular flexibility index (Phi) is 4.80. The lowest BCUT2D eigenvalue weighted by atomic mass is 9.89. The van der Waals surface area contributed by atoms with Crippen molar-refractivity contribution in [2.24, 2.45) is 5.92 Å². The zero-order chi connectivity index (χ0) is 16.2. The molecule has 0 aliphatic heterocycles. The summed E-state index contributed by atoms with van der Waals surface area (Å²) < 4.78 is 5.66. The molecule has 0 unspecified atom stereocenters. The zero-order valence-electron chi connectivity index (χ0n) is 14.0. The van der Waals surface area contributed by atoms with Gasteiger partial charge in [0.2, 0.25) is 0 Å². The highest BCUT2D eigenvalue weighted by atomic mass is 16.5. The van der Waals surface area contributed by atoms with Gasteiger partial charge in [0.15, 0.2) is 0 Å². The fraction of sp³-hybridized carbons (Fsp3) is 0.381. The minimum atomic E-state index is -0.0592. The molecule has 0 spiro atoms. The number of ether oxygens (including phenoxy) is 1. The minimum Gasteiger partial charge on any atom is -0.426 e. The monoisotopic (exact) mass is 308 g/mol. The maximum absolute atomic E-state index is 12.3. The summed E-state index contributed by atoms with van der Waals surface area (Å²) >= 11 is 0. The van der Waals surface area contributed by atoms with E-state index in [-0.39, 0.29) is 11.9 Å². The third-order valence-electron chi connectivity index (χ3n) is 4.68. The zero-order valence-corrected chi connectivity index (χ0v) is 14.0. The molecule has 0 amide bonds. The van der Waals surface area contributed by atoms with E-state index in [4.69, 9.17) is 4.74 Å². The van der Waals surface area contributed by atoms with Gasteiger partial charge in [0.25, 0.3) is 0 Å². The van der Waals surface area contributed by atoms with Gasteiger partial charge in [0.05, 0.1) is 5.92 Å². The summed E-state index contributed by atoms with van der Waals surface area (Å²) in [5, 5.41) is 0. The molecule has 1 saturated carbocycles. The molecule has 1 aliphatic rings. The maximum atomic E-state index is 12.3. The average molecular weight is 308 g/mol. The van der Waals surface area contributed by atoms with Crippen molar-refractivity contribution < 1.29 is 9.53 Å². The van der Waals surface area contributed by atoms with Gasteiger partial charge in [-0.15, -0.1) is 0 Å². The summed E-state index contributed by atoms with van der Waals surface area (Å²) in [5.41, 5.74) is 4.60. The summed E-state index contributed by atoms with van der Waals surface area (Å²) in [7, 11) is 0. The molecule has 0 saturated heterocycles.